The van der Waals surface area contributed by atoms with Crippen molar-refractivity contribution in [2.45, 2.75) is 46.7 Å². The van der Waals surface area contributed by atoms with E-state index in [0.29, 0.717) is 10.7 Å². The first-order valence-corrected chi connectivity index (χ1v) is 12.2. The van der Waals surface area contributed by atoms with Gasteiger partial charge in [-0.05, 0) is 118 Å². The number of thiocarbonyl (C=S) groups is 1. The highest BCUT2D eigenvalue weighted by Gasteiger charge is 2.42. The molecule has 1 saturated heterocycles. The zero-order valence-corrected chi connectivity index (χ0v) is 21.4. The van der Waals surface area contributed by atoms with Crippen molar-refractivity contribution >= 4 is 23.0 Å². The maximum absolute atomic E-state index is 14.1. The van der Waals surface area contributed by atoms with Crippen molar-refractivity contribution in [2.24, 2.45) is 0 Å². The smallest absolute Gasteiger partial charge is 0.174 e. The molecule has 1 fully saturated rings. The minimum atomic E-state index is -0.224. The molecule has 0 amide bonds. The second-order valence-corrected chi connectivity index (χ2v) is 9.82. The number of aryl methyl sites for hydroxylation is 4. The highest BCUT2D eigenvalue weighted by molar-refractivity contribution is 7.80. The van der Waals surface area contributed by atoms with E-state index in [0.717, 1.165) is 34.0 Å². The molecule has 4 nitrogen and oxygen atoms in total. The van der Waals surface area contributed by atoms with Gasteiger partial charge in [0.15, 0.2) is 5.11 Å². The van der Waals surface area contributed by atoms with E-state index >= 15 is 0 Å². The third-order valence-electron chi connectivity index (χ3n) is 6.77. The molecule has 1 aliphatic rings. The molecule has 1 aliphatic heterocycles. The Balaban J connectivity index is 1.70. The molecule has 2 aromatic carbocycles. The Labute approximate surface area is 211 Å². The van der Waals surface area contributed by atoms with E-state index < -0.39 is 0 Å². The highest BCUT2D eigenvalue weighted by atomic mass is 32.1. The number of pyridine rings is 1. The Morgan fingerprint density at radius 3 is 2.29 bits per heavy atom. The summed E-state index contributed by atoms with van der Waals surface area (Å²) >= 11 is 5.85. The largest absolute Gasteiger partial charge is 0.351 e. The van der Waals surface area contributed by atoms with E-state index in [2.05, 4.69) is 71.7 Å². The van der Waals surface area contributed by atoms with E-state index in [1.807, 2.05) is 24.3 Å². The summed E-state index contributed by atoms with van der Waals surface area (Å²) in [6, 6.07) is 19.7. The van der Waals surface area contributed by atoms with Crippen molar-refractivity contribution < 1.29 is 4.39 Å². The van der Waals surface area contributed by atoms with Gasteiger partial charge in [0.05, 0.1) is 17.8 Å². The van der Waals surface area contributed by atoms with Gasteiger partial charge < -0.3 is 14.8 Å². The van der Waals surface area contributed by atoms with Crippen LogP contribution in [0.4, 0.5) is 10.1 Å². The molecule has 6 heteroatoms. The fourth-order valence-corrected chi connectivity index (χ4v) is 5.64. The van der Waals surface area contributed by atoms with Crippen molar-refractivity contribution in [3.63, 3.8) is 0 Å². The summed E-state index contributed by atoms with van der Waals surface area (Å²) in [5.41, 5.74) is 9.43. The zero-order valence-electron chi connectivity index (χ0n) is 20.6. The van der Waals surface area contributed by atoms with Gasteiger partial charge in [-0.1, -0.05) is 12.1 Å². The van der Waals surface area contributed by atoms with Gasteiger partial charge in [0.25, 0.3) is 0 Å². The zero-order chi connectivity index (χ0) is 24.9. The standard InChI is InChI=1S/C29H29FN4S/c1-17-12-18(2)14-23(13-17)33-20(4)16-24(21(33)5)28-27(26-8-6-7-11-31-26)32-29(35)34(28)22-9-10-25(30)19(3)15-22/h6-16,27-28H,1-5H3,(H,32,35)/t27-,28+/m1/s1. The Bertz CT molecular complexity index is 1410. The summed E-state index contributed by atoms with van der Waals surface area (Å²) in [5, 5.41) is 4.11. The lowest BCUT2D eigenvalue weighted by Crippen LogP contribution is -2.29. The number of halogens is 1. The van der Waals surface area contributed by atoms with Crippen molar-refractivity contribution in [1.82, 2.24) is 14.9 Å². The number of benzene rings is 2. The van der Waals surface area contributed by atoms with Gasteiger partial charge >= 0.3 is 0 Å². The lowest BCUT2D eigenvalue weighted by molar-refractivity contribution is 0.564. The molecule has 2 atom stereocenters. The molecule has 0 aliphatic carbocycles. The van der Waals surface area contributed by atoms with E-state index in [1.165, 1.54) is 17.2 Å². The average Bonchev–Trinajstić information content (AvgIpc) is 3.31. The first-order valence-electron chi connectivity index (χ1n) is 11.8. The molecule has 5 rings (SSSR count). The van der Waals surface area contributed by atoms with Crippen LogP contribution >= 0.6 is 12.2 Å². The van der Waals surface area contributed by atoms with Crippen LogP contribution in [-0.2, 0) is 0 Å². The Kier molecular flexibility index (Phi) is 5.93. The predicted molar refractivity (Wildman–Crippen MR) is 144 cm³/mol. The van der Waals surface area contributed by atoms with Crippen molar-refractivity contribution in [1.29, 1.82) is 0 Å². The van der Waals surface area contributed by atoms with Crippen LogP contribution < -0.4 is 10.2 Å². The topological polar surface area (TPSA) is 33.1 Å². The number of anilines is 1. The molecular formula is C29H29FN4S. The number of hydrogen-bond acceptors (Lipinski definition) is 2. The van der Waals surface area contributed by atoms with Gasteiger partial charge in [-0.3, -0.25) is 4.98 Å². The van der Waals surface area contributed by atoms with Crippen LogP contribution in [0.15, 0.2) is 66.9 Å². The Morgan fingerprint density at radius 1 is 0.886 bits per heavy atom. The first-order chi connectivity index (χ1) is 16.7. The SMILES string of the molecule is Cc1cc(C)cc(-n2c(C)cc([C@H]3[C@@H](c4ccccn4)NC(=S)N3c3ccc(F)c(C)c3)c2C)c1. The lowest BCUT2D eigenvalue weighted by atomic mass is 9.96. The molecule has 0 radical (unpaired) electrons. The van der Waals surface area contributed by atoms with Gasteiger partial charge in [-0.15, -0.1) is 0 Å². The summed E-state index contributed by atoms with van der Waals surface area (Å²) in [6.45, 7) is 10.3. The fourth-order valence-electron chi connectivity index (χ4n) is 5.29. The van der Waals surface area contributed by atoms with Crippen molar-refractivity contribution in [2.75, 3.05) is 4.90 Å². The highest BCUT2D eigenvalue weighted by Crippen LogP contribution is 2.44. The van der Waals surface area contributed by atoms with Crippen LogP contribution in [0.2, 0.25) is 0 Å². The van der Waals surface area contributed by atoms with E-state index in [9.17, 15) is 4.39 Å². The number of nitrogens with one attached hydrogen (secondary N) is 1. The number of aromatic nitrogens is 2. The van der Waals surface area contributed by atoms with E-state index in [1.54, 1.807) is 19.2 Å². The molecule has 3 heterocycles. The molecule has 4 aromatic rings. The lowest BCUT2D eigenvalue weighted by Gasteiger charge is -2.28. The van der Waals surface area contributed by atoms with E-state index in [-0.39, 0.29) is 17.9 Å². The normalized spacial score (nSPS) is 17.7. The minimum Gasteiger partial charge on any atom is -0.351 e. The molecular weight excluding hydrogens is 455 g/mol. The maximum Gasteiger partial charge on any atom is 0.174 e. The van der Waals surface area contributed by atoms with Gasteiger partial charge in [-0.2, -0.15) is 0 Å². The molecule has 0 saturated carbocycles. The number of nitrogens with zero attached hydrogens (tertiary/aromatic N) is 3. The fraction of sp³-hybridized carbons (Fsp3) is 0.241. The van der Waals surface area contributed by atoms with E-state index in [4.69, 9.17) is 12.2 Å². The molecule has 0 unspecified atom stereocenters. The second-order valence-electron chi connectivity index (χ2n) is 9.44. The predicted octanol–water partition coefficient (Wildman–Crippen LogP) is 6.73. The Morgan fingerprint density at radius 2 is 1.63 bits per heavy atom. The van der Waals surface area contributed by atoms with Crippen LogP contribution in [0.5, 0.6) is 0 Å². The van der Waals surface area contributed by atoms with Crippen LogP contribution in [0, 0.1) is 40.4 Å². The van der Waals surface area contributed by atoms with Crippen LogP contribution in [0.3, 0.4) is 0 Å². The average molecular weight is 485 g/mol. The summed E-state index contributed by atoms with van der Waals surface area (Å²) in [7, 11) is 0. The quantitative estimate of drug-likeness (QED) is 0.326. The minimum absolute atomic E-state index is 0.145. The second kappa shape index (κ2) is 8.93. The van der Waals surface area contributed by atoms with Gasteiger partial charge in [0, 0.05) is 29.0 Å². The molecule has 35 heavy (non-hydrogen) atoms. The molecule has 0 spiro atoms. The number of rotatable bonds is 4. The molecule has 178 valence electrons. The Hall–Kier alpha value is -3.51. The monoisotopic (exact) mass is 484 g/mol. The first kappa shape index (κ1) is 23.2. The third-order valence-corrected chi connectivity index (χ3v) is 7.09. The van der Waals surface area contributed by atoms with Gasteiger partial charge in [0.2, 0.25) is 0 Å². The van der Waals surface area contributed by atoms with Gasteiger partial charge in [0.1, 0.15) is 5.82 Å². The summed E-state index contributed by atoms with van der Waals surface area (Å²) in [6.07, 6.45) is 1.81. The van der Waals surface area contributed by atoms with Crippen molar-refractivity contribution in [3.8, 4) is 5.69 Å². The maximum atomic E-state index is 14.1. The number of hydrogen-bond donors (Lipinski definition) is 1. The molecule has 0 bridgehead atoms. The summed E-state index contributed by atoms with van der Waals surface area (Å²) < 4.78 is 16.4. The summed E-state index contributed by atoms with van der Waals surface area (Å²) in [5.74, 6) is -0.224. The molecule has 1 N–H and O–H groups in total. The van der Waals surface area contributed by atoms with Crippen LogP contribution in [-0.4, -0.2) is 14.7 Å². The molecule has 2 aromatic heterocycles. The van der Waals surface area contributed by atoms with Gasteiger partial charge in [-0.25, -0.2) is 4.39 Å². The van der Waals surface area contributed by atoms with Crippen molar-refractivity contribution in [3.05, 3.63) is 112 Å². The summed E-state index contributed by atoms with van der Waals surface area (Å²) in [4.78, 5) is 6.76. The third kappa shape index (κ3) is 4.12. The van der Waals surface area contributed by atoms with Crippen LogP contribution in [0.25, 0.3) is 5.69 Å². The van der Waals surface area contributed by atoms with Crippen LogP contribution in [0.1, 0.15) is 51.4 Å².